The van der Waals surface area contributed by atoms with E-state index in [4.69, 9.17) is 37.5 Å². The Kier molecular flexibility index (Phi) is 12.6. The van der Waals surface area contributed by atoms with Crippen molar-refractivity contribution < 1.29 is 45.8 Å². The van der Waals surface area contributed by atoms with Gasteiger partial charge in [0.2, 0.25) is 6.79 Å². The molecule has 1 aliphatic rings. The van der Waals surface area contributed by atoms with Gasteiger partial charge >= 0.3 is 12.4 Å². The van der Waals surface area contributed by atoms with Gasteiger partial charge in [0.15, 0.2) is 0 Å². The third kappa shape index (κ3) is 10.3. The van der Waals surface area contributed by atoms with Gasteiger partial charge in [-0.2, -0.15) is 26.3 Å². The van der Waals surface area contributed by atoms with Crippen molar-refractivity contribution >= 4 is 28.9 Å². The highest BCUT2D eigenvalue weighted by Gasteiger charge is 2.37. The molecule has 0 radical (unpaired) electrons. The molecular formula is C33H34Cl2F6N2O4. The third-order valence-electron chi connectivity index (χ3n) is 8.00. The topological polar surface area (TPSA) is 63.5 Å². The number of hydrogen-bond acceptors (Lipinski definition) is 6. The Labute approximate surface area is 278 Å². The fourth-order valence-corrected chi connectivity index (χ4v) is 5.79. The molecular weight excluding hydrogens is 673 g/mol. The monoisotopic (exact) mass is 706 g/mol. The number of nitrogens with zero attached hydrogens (tertiary/aromatic N) is 2. The van der Waals surface area contributed by atoms with Crippen molar-refractivity contribution in [3.63, 3.8) is 0 Å². The Balaban J connectivity index is 1.53. The summed E-state index contributed by atoms with van der Waals surface area (Å²) >= 11 is 12.5. The number of aliphatic hydroxyl groups is 1. The molecule has 14 heteroatoms. The Bertz CT molecular complexity index is 1460. The first-order valence-electron chi connectivity index (χ1n) is 14.7. The highest BCUT2D eigenvalue weighted by molar-refractivity contribution is 6.42. The zero-order valence-corrected chi connectivity index (χ0v) is 26.9. The van der Waals surface area contributed by atoms with Gasteiger partial charge < -0.3 is 24.3 Å². The lowest BCUT2D eigenvalue weighted by Crippen LogP contribution is -2.43. The molecule has 0 aromatic heterocycles. The van der Waals surface area contributed by atoms with Gasteiger partial charge in [0, 0.05) is 26.1 Å². The van der Waals surface area contributed by atoms with Gasteiger partial charge in [-0.1, -0.05) is 64.8 Å². The van der Waals surface area contributed by atoms with Crippen LogP contribution in [0.3, 0.4) is 0 Å². The normalized spacial score (nSPS) is 16.7. The van der Waals surface area contributed by atoms with Crippen LogP contribution in [-0.4, -0.2) is 55.9 Å². The Morgan fingerprint density at radius 2 is 1.55 bits per heavy atom. The van der Waals surface area contributed by atoms with Gasteiger partial charge in [-0.3, -0.25) is 0 Å². The summed E-state index contributed by atoms with van der Waals surface area (Å²) in [6.07, 6.45) is -8.47. The summed E-state index contributed by atoms with van der Waals surface area (Å²) in [6.45, 7) is 0.708. The second-order valence-corrected chi connectivity index (χ2v) is 12.1. The van der Waals surface area contributed by atoms with E-state index in [0.717, 1.165) is 5.56 Å². The maximum absolute atomic E-state index is 13.4. The number of benzene rings is 3. The zero-order chi connectivity index (χ0) is 34.2. The number of likely N-dealkylation sites (tertiary alicyclic amines) is 1. The number of methoxy groups -OCH3 is 1. The standard InChI is InChI=1S/C33H34Cl2F6N2O4/c1-45-21-47-42-30(20-46-19-22-15-25(32(36,37)38)18-26(16-22)33(39,40)41)27(23-7-8-28(34)29(35)17-23)9-12-43-13-10-31(44,11-14-43)24-5-3-2-4-6-24/h2-8,15-18,27,44H,9-14,19-21H2,1H3/b42-30+. The summed E-state index contributed by atoms with van der Waals surface area (Å²) in [5.41, 5.74) is -2.26. The molecule has 1 N–H and O–H groups in total. The number of oxime groups is 1. The lowest BCUT2D eigenvalue weighted by Gasteiger charge is -2.39. The molecule has 1 unspecified atom stereocenters. The average Bonchev–Trinajstić information content (AvgIpc) is 3.03. The Morgan fingerprint density at radius 1 is 0.915 bits per heavy atom. The highest BCUT2D eigenvalue weighted by Crippen LogP contribution is 2.37. The maximum atomic E-state index is 13.4. The first-order chi connectivity index (χ1) is 22.2. The van der Waals surface area contributed by atoms with Crippen LogP contribution in [0.1, 0.15) is 53.0 Å². The van der Waals surface area contributed by atoms with Crippen LogP contribution >= 0.6 is 23.2 Å². The second kappa shape index (κ2) is 16.0. The largest absolute Gasteiger partial charge is 0.416 e. The van der Waals surface area contributed by atoms with E-state index in [0.29, 0.717) is 67.3 Å². The first kappa shape index (κ1) is 37.0. The van der Waals surface area contributed by atoms with Gasteiger partial charge in [-0.25, -0.2) is 0 Å². The molecule has 1 atom stereocenters. The molecule has 47 heavy (non-hydrogen) atoms. The summed E-state index contributed by atoms with van der Waals surface area (Å²) in [4.78, 5) is 7.47. The summed E-state index contributed by atoms with van der Waals surface area (Å²) < 4.78 is 90.9. The van der Waals surface area contributed by atoms with Crippen molar-refractivity contribution in [2.45, 2.75) is 49.7 Å². The third-order valence-corrected chi connectivity index (χ3v) is 8.73. The molecule has 1 aliphatic heterocycles. The van der Waals surface area contributed by atoms with Crippen LogP contribution in [0, 0.1) is 0 Å². The van der Waals surface area contributed by atoms with Gasteiger partial charge in [-0.15, -0.1) is 0 Å². The number of hydrogen-bond donors (Lipinski definition) is 1. The smallest absolute Gasteiger partial charge is 0.385 e. The van der Waals surface area contributed by atoms with Crippen LogP contribution in [0.25, 0.3) is 0 Å². The molecule has 0 bridgehead atoms. The molecule has 0 saturated carbocycles. The lowest BCUT2D eigenvalue weighted by molar-refractivity contribution is -0.143. The van der Waals surface area contributed by atoms with Crippen LogP contribution in [0.5, 0.6) is 0 Å². The van der Waals surface area contributed by atoms with Gasteiger partial charge in [0.05, 0.1) is 45.7 Å². The average molecular weight is 708 g/mol. The van der Waals surface area contributed by atoms with Crippen molar-refractivity contribution in [1.29, 1.82) is 0 Å². The molecule has 0 amide bonds. The highest BCUT2D eigenvalue weighted by atomic mass is 35.5. The van der Waals surface area contributed by atoms with Crippen molar-refractivity contribution in [2.75, 3.05) is 40.1 Å². The van der Waals surface area contributed by atoms with E-state index in [-0.39, 0.29) is 30.1 Å². The predicted molar refractivity (Wildman–Crippen MR) is 166 cm³/mol. The van der Waals surface area contributed by atoms with Crippen LogP contribution in [0.15, 0.2) is 71.9 Å². The SMILES string of the molecule is COCO/N=C(\COCc1cc(C(F)(F)F)cc(C(F)(F)F)c1)C(CCN1CCC(O)(c2ccccc2)CC1)c1ccc(Cl)c(Cl)c1. The maximum Gasteiger partial charge on any atom is 0.416 e. The van der Waals surface area contributed by atoms with E-state index < -0.39 is 41.6 Å². The van der Waals surface area contributed by atoms with E-state index in [1.54, 1.807) is 18.2 Å². The van der Waals surface area contributed by atoms with Crippen molar-refractivity contribution in [3.05, 3.63) is 105 Å². The number of alkyl halides is 6. The zero-order valence-electron chi connectivity index (χ0n) is 25.4. The molecule has 1 heterocycles. The summed E-state index contributed by atoms with van der Waals surface area (Å²) in [5.74, 6) is -0.496. The number of rotatable bonds is 13. The van der Waals surface area contributed by atoms with Gasteiger partial charge in [0.1, 0.15) is 0 Å². The van der Waals surface area contributed by atoms with Crippen LogP contribution in [0.2, 0.25) is 10.0 Å². The van der Waals surface area contributed by atoms with Crippen LogP contribution < -0.4 is 0 Å². The first-order valence-corrected chi connectivity index (χ1v) is 15.4. The molecule has 3 aromatic carbocycles. The molecule has 4 rings (SSSR count). The van der Waals surface area contributed by atoms with E-state index >= 15 is 0 Å². The Hall–Kier alpha value is -2.87. The van der Waals surface area contributed by atoms with E-state index in [2.05, 4.69) is 10.1 Å². The number of piperidine rings is 1. The molecule has 1 saturated heterocycles. The molecule has 0 spiro atoms. The fraction of sp³-hybridized carbons (Fsp3) is 0.424. The minimum absolute atomic E-state index is 0.0660. The molecule has 0 aliphatic carbocycles. The summed E-state index contributed by atoms with van der Waals surface area (Å²) in [7, 11) is 1.39. The van der Waals surface area contributed by atoms with E-state index in [1.165, 1.54) is 7.11 Å². The summed E-state index contributed by atoms with van der Waals surface area (Å²) in [5, 5.41) is 16.0. The predicted octanol–water partition coefficient (Wildman–Crippen LogP) is 8.68. The quantitative estimate of drug-likeness (QED) is 0.0634. The second-order valence-electron chi connectivity index (χ2n) is 11.3. The van der Waals surface area contributed by atoms with Gasteiger partial charge in [0.25, 0.3) is 0 Å². The number of ether oxygens (including phenoxy) is 2. The van der Waals surface area contributed by atoms with Gasteiger partial charge in [-0.05, 0) is 72.8 Å². The van der Waals surface area contributed by atoms with E-state index in [1.807, 2.05) is 30.3 Å². The van der Waals surface area contributed by atoms with Crippen molar-refractivity contribution in [2.24, 2.45) is 5.16 Å². The Morgan fingerprint density at radius 3 is 2.13 bits per heavy atom. The van der Waals surface area contributed by atoms with E-state index in [9.17, 15) is 31.4 Å². The molecule has 6 nitrogen and oxygen atoms in total. The van der Waals surface area contributed by atoms with Crippen LogP contribution in [-0.2, 0) is 38.9 Å². The molecule has 256 valence electrons. The van der Waals surface area contributed by atoms with Crippen molar-refractivity contribution in [3.8, 4) is 0 Å². The minimum Gasteiger partial charge on any atom is -0.385 e. The van der Waals surface area contributed by atoms with Crippen molar-refractivity contribution in [1.82, 2.24) is 4.90 Å². The number of halogens is 8. The lowest BCUT2D eigenvalue weighted by atomic mass is 9.84. The van der Waals surface area contributed by atoms with Crippen LogP contribution in [0.4, 0.5) is 26.3 Å². The minimum atomic E-state index is -4.99. The summed E-state index contributed by atoms with van der Waals surface area (Å²) in [6, 6.07) is 15.8. The molecule has 1 fully saturated rings. The molecule has 3 aromatic rings. The fourth-order valence-electron chi connectivity index (χ4n) is 5.48.